The monoisotopic (exact) mass is 285 g/mol. The Labute approximate surface area is 119 Å². The van der Waals surface area contributed by atoms with Gasteiger partial charge in [-0.25, -0.2) is 0 Å². The second-order valence-corrected chi connectivity index (χ2v) is 4.35. The lowest BCUT2D eigenvalue weighted by molar-refractivity contribution is -0.137. The van der Waals surface area contributed by atoms with Crippen molar-refractivity contribution in [3.63, 3.8) is 0 Å². The van der Waals surface area contributed by atoms with Crippen LogP contribution in [0.4, 0.5) is 0 Å². The van der Waals surface area contributed by atoms with Crippen LogP contribution in [0.3, 0.4) is 0 Å². The van der Waals surface area contributed by atoms with Crippen LogP contribution in [-0.4, -0.2) is 62.9 Å². The number of carbonyl (C=O) groups is 2. The van der Waals surface area contributed by atoms with Crippen molar-refractivity contribution in [3.05, 3.63) is 12.2 Å². The number of imide groups is 1. The van der Waals surface area contributed by atoms with Gasteiger partial charge in [0.2, 0.25) is 0 Å². The zero-order chi connectivity index (χ0) is 14.6. The zero-order valence-electron chi connectivity index (χ0n) is 12.0. The molecule has 1 heterocycles. The molecule has 0 saturated carbocycles. The van der Waals surface area contributed by atoms with Gasteiger partial charge in [0.15, 0.2) is 0 Å². The first kappa shape index (κ1) is 16.8. The zero-order valence-corrected chi connectivity index (χ0v) is 12.0. The first-order valence-electron chi connectivity index (χ1n) is 7.02. The van der Waals surface area contributed by atoms with Crippen molar-refractivity contribution >= 4 is 11.8 Å². The molecule has 0 N–H and O–H groups in total. The number of hydrogen-bond acceptors (Lipinski definition) is 5. The topological polar surface area (TPSA) is 65.1 Å². The van der Waals surface area contributed by atoms with E-state index in [2.05, 4.69) is 6.92 Å². The summed E-state index contributed by atoms with van der Waals surface area (Å²) in [4.78, 5) is 23.7. The first-order valence-corrected chi connectivity index (χ1v) is 7.02. The van der Waals surface area contributed by atoms with Gasteiger partial charge < -0.3 is 14.2 Å². The summed E-state index contributed by atoms with van der Waals surface area (Å²) in [5, 5.41) is 0. The van der Waals surface area contributed by atoms with E-state index >= 15 is 0 Å². The normalized spacial score (nSPS) is 14.6. The summed E-state index contributed by atoms with van der Waals surface area (Å²) in [6.07, 6.45) is 4.23. The Hall–Kier alpha value is -1.24. The molecule has 0 unspecified atom stereocenters. The molecule has 6 heteroatoms. The maximum Gasteiger partial charge on any atom is 0.253 e. The fourth-order valence-electron chi connectivity index (χ4n) is 1.66. The summed E-state index contributed by atoms with van der Waals surface area (Å²) >= 11 is 0. The second-order valence-electron chi connectivity index (χ2n) is 4.35. The summed E-state index contributed by atoms with van der Waals surface area (Å²) in [7, 11) is 0. The van der Waals surface area contributed by atoms with Gasteiger partial charge in [-0.2, -0.15) is 0 Å². The van der Waals surface area contributed by atoms with Crippen molar-refractivity contribution in [2.24, 2.45) is 0 Å². The predicted molar refractivity (Wildman–Crippen MR) is 73.2 cm³/mol. The van der Waals surface area contributed by atoms with E-state index < -0.39 is 0 Å². The third-order valence-electron chi connectivity index (χ3n) is 2.66. The van der Waals surface area contributed by atoms with Gasteiger partial charge in [-0.3, -0.25) is 14.5 Å². The van der Waals surface area contributed by atoms with E-state index in [1.165, 1.54) is 17.1 Å². The molecule has 0 fully saturated rings. The third-order valence-corrected chi connectivity index (χ3v) is 2.66. The fraction of sp³-hybridized carbons (Fsp3) is 0.714. The summed E-state index contributed by atoms with van der Waals surface area (Å²) in [6, 6.07) is 0. The van der Waals surface area contributed by atoms with Crippen LogP contribution < -0.4 is 0 Å². The van der Waals surface area contributed by atoms with Crippen molar-refractivity contribution in [2.75, 3.05) is 46.2 Å². The molecule has 0 aromatic heterocycles. The highest BCUT2D eigenvalue weighted by Gasteiger charge is 2.22. The van der Waals surface area contributed by atoms with Crippen LogP contribution in [0.5, 0.6) is 0 Å². The Morgan fingerprint density at radius 2 is 1.35 bits per heavy atom. The Balaban J connectivity index is 1.83. The summed E-state index contributed by atoms with van der Waals surface area (Å²) in [6.45, 7) is 5.96. The van der Waals surface area contributed by atoms with Crippen molar-refractivity contribution in [3.8, 4) is 0 Å². The maximum atomic E-state index is 11.2. The van der Waals surface area contributed by atoms with Gasteiger partial charge >= 0.3 is 0 Å². The van der Waals surface area contributed by atoms with Gasteiger partial charge in [-0.05, 0) is 12.8 Å². The molecule has 1 rings (SSSR count). The molecule has 0 atom stereocenters. The molecule has 0 aliphatic carbocycles. The highest BCUT2D eigenvalue weighted by Crippen LogP contribution is 2.03. The molecule has 6 nitrogen and oxygen atoms in total. The molecule has 0 radical (unpaired) electrons. The van der Waals surface area contributed by atoms with Crippen LogP contribution in [0.25, 0.3) is 0 Å². The van der Waals surface area contributed by atoms with Crippen molar-refractivity contribution in [1.82, 2.24) is 4.90 Å². The molecule has 0 bridgehead atoms. The van der Waals surface area contributed by atoms with E-state index in [9.17, 15) is 9.59 Å². The van der Waals surface area contributed by atoms with E-state index in [1.807, 2.05) is 0 Å². The van der Waals surface area contributed by atoms with Crippen LogP contribution >= 0.6 is 0 Å². The molecule has 0 aromatic rings. The Kier molecular flexibility index (Phi) is 8.86. The van der Waals surface area contributed by atoms with Gasteiger partial charge in [-0.15, -0.1) is 0 Å². The average Bonchev–Trinajstić information content (AvgIpc) is 2.76. The predicted octanol–water partition coefficient (Wildman–Crippen LogP) is 0.761. The van der Waals surface area contributed by atoms with Gasteiger partial charge in [-0.1, -0.05) is 6.92 Å². The molecule has 2 amide bonds. The number of ether oxygens (including phenoxy) is 3. The van der Waals surface area contributed by atoms with E-state index in [-0.39, 0.29) is 11.8 Å². The van der Waals surface area contributed by atoms with Crippen molar-refractivity contribution in [1.29, 1.82) is 0 Å². The number of amides is 2. The summed E-state index contributed by atoms with van der Waals surface area (Å²) < 4.78 is 15.9. The Bertz CT molecular complexity index is 312. The SMILES string of the molecule is CCCOCCOCCOCCCN1C(=O)C=CC1=O. The highest BCUT2D eigenvalue weighted by atomic mass is 16.5. The second kappa shape index (κ2) is 10.5. The average molecular weight is 285 g/mol. The standard InChI is InChI=1S/C14H23NO5/c1-2-7-18-9-11-20-12-10-19-8-3-6-15-13(16)4-5-14(15)17/h4-5H,2-3,6-12H2,1H3. The molecule has 1 aliphatic heterocycles. The molecule has 114 valence electrons. The quantitative estimate of drug-likeness (QED) is 0.391. The number of rotatable bonds is 12. The van der Waals surface area contributed by atoms with Gasteiger partial charge in [0.05, 0.1) is 26.4 Å². The van der Waals surface area contributed by atoms with Crippen LogP contribution in [0.1, 0.15) is 19.8 Å². The lowest BCUT2D eigenvalue weighted by Gasteiger charge is -2.13. The van der Waals surface area contributed by atoms with E-state index in [4.69, 9.17) is 14.2 Å². The van der Waals surface area contributed by atoms with Crippen LogP contribution in [-0.2, 0) is 23.8 Å². The maximum absolute atomic E-state index is 11.2. The Morgan fingerprint density at radius 3 is 1.90 bits per heavy atom. The molecule has 0 aromatic carbocycles. The first-order chi connectivity index (χ1) is 9.75. The number of hydrogen-bond donors (Lipinski definition) is 0. The van der Waals surface area contributed by atoms with Crippen molar-refractivity contribution in [2.45, 2.75) is 19.8 Å². The molecule has 1 aliphatic rings. The van der Waals surface area contributed by atoms with Crippen LogP contribution in [0, 0.1) is 0 Å². The molecule has 0 spiro atoms. The van der Waals surface area contributed by atoms with Gasteiger partial charge in [0.25, 0.3) is 11.8 Å². The molecule has 0 saturated heterocycles. The van der Waals surface area contributed by atoms with E-state index in [0.717, 1.165) is 13.0 Å². The van der Waals surface area contributed by atoms with Crippen LogP contribution in [0.15, 0.2) is 12.2 Å². The van der Waals surface area contributed by atoms with Gasteiger partial charge in [0.1, 0.15) is 0 Å². The minimum atomic E-state index is -0.245. The largest absolute Gasteiger partial charge is 0.379 e. The minimum Gasteiger partial charge on any atom is -0.379 e. The van der Waals surface area contributed by atoms with E-state index in [1.54, 1.807) is 0 Å². The van der Waals surface area contributed by atoms with Crippen LogP contribution in [0.2, 0.25) is 0 Å². The lowest BCUT2D eigenvalue weighted by atomic mass is 10.4. The number of carbonyl (C=O) groups excluding carboxylic acids is 2. The van der Waals surface area contributed by atoms with Gasteiger partial charge in [0, 0.05) is 31.9 Å². The smallest absolute Gasteiger partial charge is 0.253 e. The summed E-state index contributed by atoms with van der Waals surface area (Å²) in [5.41, 5.74) is 0. The summed E-state index contributed by atoms with van der Waals surface area (Å²) in [5.74, 6) is -0.490. The Morgan fingerprint density at radius 1 is 0.850 bits per heavy atom. The lowest BCUT2D eigenvalue weighted by Crippen LogP contribution is -2.31. The molecular weight excluding hydrogens is 262 g/mol. The molecular formula is C14H23NO5. The third kappa shape index (κ3) is 6.79. The van der Waals surface area contributed by atoms with E-state index in [0.29, 0.717) is 46.0 Å². The molecule has 20 heavy (non-hydrogen) atoms. The fourth-order valence-corrected chi connectivity index (χ4v) is 1.66. The number of nitrogens with zero attached hydrogens (tertiary/aromatic N) is 1. The van der Waals surface area contributed by atoms with Crippen molar-refractivity contribution < 1.29 is 23.8 Å². The highest BCUT2D eigenvalue weighted by molar-refractivity contribution is 6.12. The minimum absolute atomic E-state index is 0.245.